The molecule has 0 spiro atoms. The van der Waals surface area contributed by atoms with E-state index in [9.17, 15) is 29.1 Å². The van der Waals surface area contributed by atoms with Crippen LogP contribution in [0.5, 0.6) is 5.75 Å². The first kappa shape index (κ1) is 39.5. The van der Waals surface area contributed by atoms with E-state index >= 15 is 0 Å². The molecule has 54 heavy (non-hydrogen) atoms. The summed E-state index contributed by atoms with van der Waals surface area (Å²) in [5.74, 6) is -2.83. The Labute approximate surface area is 312 Å². The maximum Gasteiger partial charge on any atom is 0.407 e. The normalized spacial score (nSPS) is 20.1. The maximum atomic E-state index is 12.7. The van der Waals surface area contributed by atoms with E-state index in [4.69, 9.17) is 33.2 Å². The van der Waals surface area contributed by atoms with Crippen LogP contribution in [-0.2, 0) is 54.2 Å². The number of anilines is 1. The van der Waals surface area contributed by atoms with E-state index in [1.54, 1.807) is 18.2 Å². The van der Waals surface area contributed by atoms with E-state index in [0.717, 1.165) is 43.0 Å². The molecule has 15 nitrogen and oxygen atoms in total. The summed E-state index contributed by atoms with van der Waals surface area (Å²) >= 11 is 0. The van der Waals surface area contributed by atoms with Gasteiger partial charge in [0.25, 0.3) is 0 Å². The van der Waals surface area contributed by atoms with Crippen molar-refractivity contribution in [2.75, 3.05) is 31.6 Å². The highest BCUT2D eigenvalue weighted by Crippen LogP contribution is 2.44. The second-order valence-corrected chi connectivity index (χ2v) is 12.7. The Bertz CT molecular complexity index is 1790. The molecule has 0 bridgehead atoms. The summed E-state index contributed by atoms with van der Waals surface area (Å²) in [5.41, 5.74) is 5.45. The van der Waals surface area contributed by atoms with Gasteiger partial charge in [0.05, 0.1) is 12.3 Å². The number of hydrogen-bond donors (Lipinski definition) is 3. The first-order valence-electron chi connectivity index (χ1n) is 17.5. The summed E-state index contributed by atoms with van der Waals surface area (Å²) in [6.45, 7) is 4.67. The Morgan fingerprint density at radius 3 is 1.93 bits per heavy atom. The van der Waals surface area contributed by atoms with Gasteiger partial charge in [0, 0.05) is 46.7 Å². The van der Waals surface area contributed by atoms with Crippen molar-refractivity contribution in [3.8, 4) is 16.9 Å². The zero-order valence-corrected chi connectivity index (χ0v) is 30.4. The van der Waals surface area contributed by atoms with Crippen LogP contribution in [0.4, 0.5) is 10.5 Å². The van der Waals surface area contributed by atoms with Gasteiger partial charge in [-0.15, -0.1) is 0 Å². The maximum absolute atomic E-state index is 12.7. The molecule has 1 aliphatic heterocycles. The number of esters is 4. The van der Waals surface area contributed by atoms with Crippen molar-refractivity contribution >= 4 is 35.7 Å². The Morgan fingerprint density at radius 1 is 0.704 bits per heavy atom. The molecule has 3 aromatic carbocycles. The number of rotatable bonds is 15. The largest absolute Gasteiger partial charge is 0.463 e. The summed E-state index contributed by atoms with van der Waals surface area (Å²) < 4.78 is 39.5. The van der Waals surface area contributed by atoms with Gasteiger partial charge in [-0.1, -0.05) is 54.6 Å². The number of benzene rings is 3. The number of nitrogens with one attached hydrogen (secondary N) is 2. The molecule has 5 rings (SSSR count). The number of carbonyl (C=O) groups is 5. The fourth-order valence-corrected chi connectivity index (χ4v) is 6.48. The predicted molar refractivity (Wildman–Crippen MR) is 191 cm³/mol. The minimum absolute atomic E-state index is 0.0654. The van der Waals surface area contributed by atoms with Crippen molar-refractivity contribution < 1.29 is 62.2 Å². The van der Waals surface area contributed by atoms with Crippen molar-refractivity contribution in [3.05, 3.63) is 83.4 Å². The highest BCUT2D eigenvalue weighted by molar-refractivity contribution is 5.79. The number of carbonyl (C=O) groups excluding carboxylic acids is 5. The van der Waals surface area contributed by atoms with Crippen LogP contribution < -0.4 is 15.4 Å². The lowest BCUT2D eigenvalue weighted by Gasteiger charge is -2.44. The fourth-order valence-electron chi connectivity index (χ4n) is 6.48. The lowest BCUT2D eigenvalue weighted by atomic mass is 9.98. The molecule has 5 atom stereocenters. The molecule has 3 N–H and O–H groups in total. The molecule has 0 radical (unpaired) electrons. The summed E-state index contributed by atoms with van der Waals surface area (Å²) in [4.78, 5) is 60.9. The van der Waals surface area contributed by atoms with Crippen LogP contribution in [0.25, 0.3) is 11.1 Å². The van der Waals surface area contributed by atoms with Crippen LogP contribution in [0.3, 0.4) is 0 Å². The van der Waals surface area contributed by atoms with Gasteiger partial charge >= 0.3 is 30.0 Å². The van der Waals surface area contributed by atoms with Crippen molar-refractivity contribution in [3.63, 3.8) is 0 Å². The van der Waals surface area contributed by atoms with Crippen LogP contribution in [0, 0.1) is 0 Å². The number of amides is 1. The van der Waals surface area contributed by atoms with Crippen molar-refractivity contribution in [2.45, 2.75) is 77.3 Å². The average Bonchev–Trinajstić information content (AvgIpc) is 3.45. The van der Waals surface area contributed by atoms with Crippen LogP contribution in [0.1, 0.15) is 56.7 Å². The third-order valence-corrected chi connectivity index (χ3v) is 8.70. The van der Waals surface area contributed by atoms with Crippen LogP contribution in [0.15, 0.2) is 66.7 Å². The molecule has 0 saturated carbocycles. The predicted octanol–water partition coefficient (Wildman–Crippen LogP) is 3.98. The third-order valence-electron chi connectivity index (χ3n) is 8.70. The number of hydrogen-bond acceptors (Lipinski definition) is 14. The number of ether oxygens (including phenoxy) is 7. The molecular weight excluding hydrogens is 704 g/mol. The van der Waals surface area contributed by atoms with E-state index in [1.807, 2.05) is 36.4 Å². The monoisotopic (exact) mass is 748 g/mol. The van der Waals surface area contributed by atoms with E-state index in [-0.39, 0.29) is 31.4 Å². The van der Waals surface area contributed by atoms with Crippen molar-refractivity contribution in [2.24, 2.45) is 0 Å². The lowest BCUT2D eigenvalue weighted by Crippen LogP contribution is -2.63. The standard InChI is InChI=1S/C39H44N2O13/c1-22(43)48-21-34-35(50-23(2)44)36(51-24(3)45)37(52-25(4)46)38(54-34)53-33-15-14-26(19-42)18-32(33)40-16-9-17-41-39(47)49-20-31-29-12-7-5-10-27(29)28-11-6-8-13-30(28)31/h5-8,10-15,18,31,34-38,40,42H,9,16-17,19-21H2,1-4H3,(H,41,47)/t34-,35+,36+,37-,38-/m1/s1. The molecule has 288 valence electrons. The topological polar surface area (TPSA) is 194 Å². The Kier molecular flexibility index (Phi) is 13.5. The number of aliphatic hydroxyl groups excluding tert-OH is 1. The van der Waals surface area contributed by atoms with E-state index in [1.165, 1.54) is 6.92 Å². The minimum Gasteiger partial charge on any atom is -0.463 e. The number of aliphatic hydroxyl groups is 1. The molecule has 1 saturated heterocycles. The molecule has 1 fully saturated rings. The highest BCUT2D eigenvalue weighted by Gasteiger charge is 2.53. The molecule has 1 amide bonds. The highest BCUT2D eigenvalue weighted by atomic mass is 16.7. The second-order valence-electron chi connectivity index (χ2n) is 12.7. The SMILES string of the molecule is CC(=O)OC[C@H]1O[C@@H](Oc2ccc(CO)cc2NCCCNC(=O)OCC2c3ccccc3-c3ccccc32)[C@H](OC(C)=O)[C@@H](OC(C)=O)[C@H]1OC(C)=O. The van der Waals surface area contributed by atoms with Gasteiger partial charge in [-0.3, -0.25) is 19.2 Å². The quantitative estimate of drug-likeness (QED) is 0.115. The van der Waals surface area contributed by atoms with Crippen molar-refractivity contribution in [1.29, 1.82) is 0 Å². The summed E-state index contributed by atoms with van der Waals surface area (Å²) in [6.07, 6.45) is -6.92. The molecule has 0 unspecified atom stereocenters. The van der Waals surface area contributed by atoms with Gasteiger partial charge in [0.2, 0.25) is 12.4 Å². The Balaban J connectivity index is 1.23. The van der Waals surface area contributed by atoms with E-state index in [2.05, 4.69) is 22.8 Å². The molecule has 15 heteroatoms. The van der Waals surface area contributed by atoms with Gasteiger partial charge < -0.3 is 48.9 Å². The lowest BCUT2D eigenvalue weighted by molar-refractivity contribution is -0.288. The van der Waals surface area contributed by atoms with Gasteiger partial charge in [-0.25, -0.2) is 4.79 Å². The molecule has 3 aromatic rings. The third kappa shape index (κ3) is 10.0. The van der Waals surface area contributed by atoms with Gasteiger partial charge in [-0.05, 0) is 46.4 Å². The molecule has 1 aliphatic carbocycles. The number of fused-ring (bicyclic) bond motifs is 3. The summed E-state index contributed by atoms with van der Waals surface area (Å²) in [5, 5.41) is 15.8. The summed E-state index contributed by atoms with van der Waals surface area (Å²) in [7, 11) is 0. The van der Waals surface area contributed by atoms with Crippen LogP contribution >= 0.6 is 0 Å². The Morgan fingerprint density at radius 2 is 1.31 bits per heavy atom. The minimum atomic E-state index is -1.46. The fraction of sp³-hybridized carbons (Fsp3) is 0.410. The van der Waals surface area contributed by atoms with Crippen LogP contribution in [0.2, 0.25) is 0 Å². The average molecular weight is 749 g/mol. The molecule has 2 aliphatic rings. The number of alkyl carbamates (subject to hydrolysis) is 1. The van der Waals surface area contributed by atoms with Crippen LogP contribution in [-0.4, -0.2) is 92.1 Å². The smallest absolute Gasteiger partial charge is 0.407 e. The van der Waals surface area contributed by atoms with E-state index in [0.29, 0.717) is 24.2 Å². The van der Waals surface area contributed by atoms with Crippen molar-refractivity contribution in [1.82, 2.24) is 5.32 Å². The zero-order chi connectivity index (χ0) is 38.8. The second kappa shape index (κ2) is 18.4. The first-order valence-corrected chi connectivity index (χ1v) is 17.5. The van der Waals surface area contributed by atoms with Gasteiger partial charge in [0.1, 0.15) is 25.1 Å². The Hall–Kier alpha value is -5.67. The molecule has 0 aromatic heterocycles. The summed E-state index contributed by atoms with van der Waals surface area (Å²) in [6, 6.07) is 21.0. The molecular formula is C39H44N2O13. The first-order chi connectivity index (χ1) is 25.9. The van der Waals surface area contributed by atoms with Gasteiger partial charge in [0.15, 0.2) is 12.2 Å². The molecule has 1 heterocycles. The zero-order valence-electron chi connectivity index (χ0n) is 30.4. The van der Waals surface area contributed by atoms with Gasteiger partial charge in [-0.2, -0.15) is 0 Å². The van der Waals surface area contributed by atoms with E-state index < -0.39 is 67.3 Å².